The molecule has 0 bridgehead atoms. The lowest BCUT2D eigenvalue weighted by Gasteiger charge is -2.18. The van der Waals surface area contributed by atoms with Crippen LogP contribution in [0.1, 0.15) is 162 Å². The fourth-order valence-corrected chi connectivity index (χ4v) is 5.06. The highest BCUT2D eigenvalue weighted by Gasteiger charge is 2.19. The second kappa shape index (κ2) is 41.1. The van der Waals surface area contributed by atoms with E-state index in [4.69, 9.17) is 14.2 Å². The molecule has 0 aromatic heterocycles. The van der Waals surface area contributed by atoms with E-state index in [1.807, 2.05) is 6.08 Å². The molecule has 0 aliphatic heterocycles. The summed E-state index contributed by atoms with van der Waals surface area (Å²) in [5.41, 5.74) is 0. The number of esters is 3. The molecule has 1 atom stereocenters. The topological polar surface area (TPSA) is 78.9 Å². The molecule has 0 N–H and O–H groups in total. The SMILES string of the molecule is CC/C=C\C/C=C\C/C=C\C/C=C\C/C=C\CC(=O)OCC(COC(=O)CCCCCCC)OC(=O)CCCCCCC/C=C\C/C=C\C/C=C\CC. The monoisotopic (exact) mass is 735 g/mol. The van der Waals surface area contributed by atoms with E-state index in [9.17, 15) is 14.4 Å². The largest absolute Gasteiger partial charge is 0.462 e. The van der Waals surface area contributed by atoms with Crippen LogP contribution in [0.25, 0.3) is 0 Å². The molecule has 0 aliphatic rings. The molecule has 0 fully saturated rings. The van der Waals surface area contributed by atoms with E-state index in [2.05, 4.69) is 106 Å². The summed E-state index contributed by atoms with van der Waals surface area (Å²) < 4.78 is 16.4. The Morgan fingerprint density at radius 2 is 0.811 bits per heavy atom. The summed E-state index contributed by atoms with van der Waals surface area (Å²) in [5, 5.41) is 0. The second-order valence-corrected chi connectivity index (χ2v) is 13.2. The van der Waals surface area contributed by atoms with Crippen molar-refractivity contribution in [2.75, 3.05) is 13.2 Å². The maximum absolute atomic E-state index is 12.6. The van der Waals surface area contributed by atoms with Gasteiger partial charge in [0.2, 0.25) is 0 Å². The molecule has 0 aliphatic carbocycles. The summed E-state index contributed by atoms with van der Waals surface area (Å²) in [6.45, 7) is 6.18. The van der Waals surface area contributed by atoms with Crippen LogP contribution in [-0.4, -0.2) is 37.2 Å². The molecule has 0 heterocycles. The lowest BCUT2D eigenvalue weighted by atomic mass is 10.1. The number of hydrogen-bond donors (Lipinski definition) is 0. The number of carbonyl (C=O) groups is 3. The van der Waals surface area contributed by atoms with E-state index in [0.29, 0.717) is 6.42 Å². The molecule has 1 unspecified atom stereocenters. The number of unbranched alkanes of at least 4 members (excludes halogenated alkanes) is 9. The summed E-state index contributed by atoms with van der Waals surface area (Å²) in [6.07, 6.45) is 53.0. The predicted molar refractivity (Wildman–Crippen MR) is 224 cm³/mol. The summed E-state index contributed by atoms with van der Waals surface area (Å²) >= 11 is 0. The quantitative estimate of drug-likeness (QED) is 0.0279. The van der Waals surface area contributed by atoms with Crippen molar-refractivity contribution in [1.82, 2.24) is 0 Å². The Morgan fingerprint density at radius 1 is 0.415 bits per heavy atom. The molecular formula is C47H74O6. The Kier molecular flexibility index (Phi) is 38.2. The average molecular weight is 735 g/mol. The van der Waals surface area contributed by atoms with E-state index in [-0.39, 0.29) is 38.0 Å². The Hall–Kier alpha value is -3.67. The Labute approximate surface area is 324 Å². The summed E-state index contributed by atoms with van der Waals surface area (Å²) in [6, 6.07) is 0. The van der Waals surface area contributed by atoms with Crippen LogP contribution in [0.5, 0.6) is 0 Å². The molecule has 0 saturated carbocycles. The number of hydrogen-bond acceptors (Lipinski definition) is 6. The highest BCUT2D eigenvalue weighted by Crippen LogP contribution is 2.11. The average Bonchev–Trinajstić information content (AvgIpc) is 3.15. The molecule has 0 aromatic rings. The van der Waals surface area contributed by atoms with Gasteiger partial charge >= 0.3 is 17.9 Å². The van der Waals surface area contributed by atoms with Crippen molar-refractivity contribution < 1.29 is 28.6 Å². The van der Waals surface area contributed by atoms with Gasteiger partial charge in [0.15, 0.2) is 6.10 Å². The first kappa shape index (κ1) is 49.3. The third-order valence-corrected chi connectivity index (χ3v) is 8.12. The Balaban J connectivity index is 4.46. The van der Waals surface area contributed by atoms with Crippen LogP contribution in [-0.2, 0) is 28.6 Å². The summed E-state index contributed by atoms with van der Waals surface area (Å²) in [5.74, 6) is -1.10. The second-order valence-electron chi connectivity index (χ2n) is 13.2. The molecular weight excluding hydrogens is 661 g/mol. The van der Waals surface area contributed by atoms with Gasteiger partial charge in [-0.1, -0.05) is 163 Å². The zero-order valence-electron chi connectivity index (χ0n) is 33.7. The highest BCUT2D eigenvalue weighted by molar-refractivity contribution is 5.72. The van der Waals surface area contributed by atoms with E-state index in [1.165, 1.54) is 0 Å². The zero-order valence-corrected chi connectivity index (χ0v) is 33.7. The van der Waals surface area contributed by atoms with Gasteiger partial charge in [0.05, 0.1) is 6.42 Å². The third kappa shape index (κ3) is 39.4. The molecule has 0 radical (unpaired) electrons. The van der Waals surface area contributed by atoms with Gasteiger partial charge < -0.3 is 14.2 Å². The molecule has 0 aromatic carbocycles. The first-order chi connectivity index (χ1) is 26.0. The fourth-order valence-electron chi connectivity index (χ4n) is 5.06. The van der Waals surface area contributed by atoms with Gasteiger partial charge in [-0.25, -0.2) is 0 Å². The molecule has 0 amide bonds. The van der Waals surface area contributed by atoms with Crippen molar-refractivity contribution in [2.45, 2.75) is 168 Å². The number of carbonyl (C=O) groups excluding carboxylic acids is 3. The molecule has 0 spiro atoms. The first-order valence-electron chi connectivity index (χ1n) is 20.7. The molecule has 6 nitrogen and oxygen atoms in total. The van der Waals surface area contributed by atoms with E-state index in [0.717, 1.165) is 122 Å². The minimum absolute atomic E-state index is 0.117. The molecule has 6 heteroatoms. The Morgan fingerprint density at radius 3 is 1.32 bits per heavy atom. The maximum Gasteiger partial charge on any atom is 0.309 e. The fraction of sp³-hybridized carbons (Fsp3) is 0.596. The van der Waals surface area contributed by atoms with Crippen LogP contribution < -0.4 is 0 Å². The van der Waals surface area contributed by atoms with Crippen molar-refractivity contribution in [3.8, 4) is 0 Å². The lowest BCUT2D eigenvalue weighted by Crippen LogP contribution is -2.30. The summed E-state index contributed by atoms with van der Waals surface area (Å²) in [7, 11) is 0. The van der Waals surface area contributed by atoms with Gasteiger partial charge in [-0.05, 0) is 77.0 Å². The highest BCUT2D eigenvalue weighted by atomic mass is 16.6. The third-order valence-electron chi connectivity index (χ3n) is 8.12. The Bertz CT molecular complexity index is 1120. The van der Waals surface area contributed by atoms with Crippen molar-refractivity contribution in [1.29, 1.82) is 0 Å². The van der Waals surface area contributed by atoms with Crippen LogP contribution in [0.2, 0.25) is 0 Å². The van der Waals surface area contributed by atoms with Gasteiger partial charge in [-0.15, -0.1) is 0 Å². The standard InChI is InChI=1S/C47H74O6/c1-4-7-10-13-15-17-19-21-23-25-27-29-31-34-37-40-46(49)52-43-44(42-51-45(48)39-36-33-12-9-6-3)53-47(50)41-38-35-32-30-28-26-24-22-20-18-16-14-11-8-5-2/h7-8,10-11,15-18,21-24,27,29,34,37,44H,4-6,9,12-14,19-20,25-26,28,30-33,35-36,38-43H2,1-3H3/b10-7-,11-8-,17-15-,18-16-,23-21-,24-22-,29-27-,37-34-. The van der Waals surface area contributed by atoms with Crippen LogP contribution in [0.15, 0.2) is 97.2 Å². The molecule has 0 saturated heterocycles. The van der Waals surface area contributed by atoms with Crippen LogP contribution in [0, 0.1) is 0 Å². The molecule has 0 rings (SSSR count). The van der Waals surface area contributed by atoms with Crippen LogP contribution in [0.4, 0.5) is 0 Å². The van der Waals surface area contributed by atoms with Crippen molar-refractivity contribution in [2.24, 2.45) is 0 Å². The van der Waals surface area contributed by atoms with E-state index in [1.54, 1.807) is 6.08 Å². The van der Waals surface area contributed by atoms with Gasteiger partial charge in [0, 0.05) is 12.8 Å². The minimum Gasteiger partial charge on any atom is -0.462 e. The van der Waals surface area contributed by atoms with E-state index < -0.39 is 12.1 Å². The van der Waals surface area contributed by atoms with Crippen molar-refractivity contribution >= 4 is 17.9 Å². The van der Waals surface area contributed by atoms with Crippen LogP contribution >= 0.6 is 0 Å². The number of rotatable bonds is 35. The minimum atomic E-state index is -0.821. The summed E-state index contributed by atoms with van der Waals surface area (Å²) in [4.78, 5) is 37.3. The normalized spacial score (nSPS) is 13.0. The van der Waals surface area contributed by atoms with Crippen molar-refractivity contribution in [3.63, 3.8) is 0 Å². The van der Waals surface area contributed by atoms with Gasteiger partial charge in [-0.3, -0.25) is 14.4 Å². The molecule has 53 heavy (non-hydrogen) atoms. The lowest BCUT2D eigenvalue weighted by molar-refractivity contribution is -0.166. The van der Waals surface area contributed by atoms with Gasteiger partial charge in [0.1, 0.15) is 13.2 Å². The van der Waals surface area contributed by atoms with Gasteiger partial charge in [-0.2, -0.15) is 0 Å². The smallest absolute Gasteiger partial charge is 0.309 e. The van der Waals surface area contributed by atoms with Crippen molar-refractivity contribution in [3.05, 3.63) is 97.2 Å². The number of ether oxygens (including phenoxy) is 3. The zero-order chi connectivity index (χ0) is 38.7. The number of allylic oxidation sites excluding steroid dienone is 15. The predicted octanol–water partition coefficient (Wildman–Crippen LogP) is 13.1. The molecule has 298 valence electrons. The first-order valence-corrected chi connectivity index (χ1v) is 20.7. The van der Waals surface area contributed by atoms with E-state index >= 15 is 0 Å². The van der Waals surface area contributed by atoms with Crippen LogP contribution in [0.3, 0.4) is 0 Å². The maximum atomic E-state index is 12.6. The van der Waals surface area contributed by atoms with Gasteiger partial charge in [0.25, 0.3) is 0 Å².